The van der Waals surface area contributed by atoms with Gasteiger partial charge < -0.3 is 19.5 Å². The molecule has 7 heteroatoms. The summed E-state index contributed by atoms with van der Waals surface area (Å²) in [6, 6.07) is -1.35. The van der Waals surface area contributed by atoms with E-state index in [1.165, 1.54) is 12.0 Å². The predicted octanol–water partition coefficient (Wildman–Crippen LogP) is -0.915. The number of fused-ring (bicyclic) bond motifs is 1. The maximum absolute atomic E-state index is 11.2. The molecule has 0 amide bonds. The van der Waals surface area contributed by atoms with Crippen molar-refractivity contribution in [2.75, 3.05) is 7.11 Å². The van der Waals surface area contributed by atoms with E-state index in [4.69, 9.17) is 9.84 Å². The summed E-state index contributed by atoms with van der Waals surface area (Å²) in [5.74, 6) is -2.68. The van der Waals surface area contributed by atoms with Gasteiger partial charge in [-0.15, -0.1) is 0 Å². The van der Waals surface area contributed by atoms with Gasteiger partial charge in [0.1, 0.15) is 0 Å². The molecule has 2 aliphatic rings. The van der Waals surface area contributed by atoms with E-state index < -0.39 is 30.2 Å². The molecule has 0 spiro atoms. The minimum Gasteiger partial charge on any atom is -0.479 e. The standard InChI is InChI=1S/C9H9NO6/c1-15-6(11)3-4-2-5-10(4)7(8(12)13)9(14)16-5/h3,5,7H,2H2,1H3,(H,12,13)/t5-,7+/m1/s1. The van der Waals surface area contributed by atoms with Crippen LogP contribution in [0.15, 0.2) is 11.8 Å². The third kappa shape index (κ3) is 1.40. The molecule has 0 radical (unpaired) electrons. The second-order valence-electron chi connectivity index (χ2n) is 3.40. The lowest BCUT2D eigenvalue weighted by Gasteiger charge is -2.38. The van der Waals surface area contributed by atoms with Gasteiger partial charge in [0.15, 0.2) is 6.23 Å². The Morgan fingerprint density at radius 2 is 2.31 bits per heavy atom. The van der Waals surface area contributed by atoms with Gasteiger partial charge in [-0.25, -0.2) is 14.4 Å². The van der Waals surface area contributed by atoms with Crippen LogP contribution >= 0.6 is 0 Å². The van der Waals surface area contributed by atoms with Crippen molar-refractivity contribution in [3.05, 3.63) is 11.8 Å². The molecule has 0 aromatic carbocycles. The van der Waals surface area contributed by atoms with Crippen LogP contribution in [0.4, 0.5) is 0 Å². The molecule has 2 atom stereocenters. The topological polar surface area (TPSA) is 93.1 Å². The first-order valence-corrected chi connectivity index (χ1v) is 4.54. The molecule has 2 heterocycles. The number of aliphatic carboxylic acids is 1. The molecule has 0 saturated carbocycles. The molecular weight excluding hydrogens is 218 g/mol. The fourth-order valence-electron chi connectivity index (χ4n) is 1.75. The molecule has 2 aliphatic heterocycles. The highest BCUT2D eigenvalue weighted by atomic mass is 16.6. The minimum atomic E-state index is -1.35. The first-order valence-electron chi connectivity index (χ1n) is 4.54. The van der Waals surface area contributed by atoms with Gasteiger partial charge in [-0.05, 0) is 0 Å². The summed E-state index contributed by atoms with van der Waals surface area (Å²) < 4.78 is 9.21. The lowest BCUT2D eigenvalue weighted by molar-refractivity contribution is -0.149. The van der Waals surface area contributed by atoms with Crippen LogP contribution in [0.25, 0.3) is 0 Å². The number of methoxy groups -OCH3 is 1. The summed E-state index contributed by atoms with van der Waals surface area (Å²) in [6.45, 7) is 0. The number of ether oxygens (including phenoxy) is 2. The molecule has 16 heavy (non-hydrogen) atoms. The second kappa shape index (κ2) is 3.51. The van der Waals surface area contributed by atoms with E-state index in [9.17, 15) is 14.4 Å². The van der Waals surface area contributed by atoms with E-state index in [1.54, 1.807) is 0 Å². The van der Waals surface area contributed by atoms with Crippen LogP contribution in [0.1, 0.15) is 6.42 Å². The average Bonchev–Trinajstić information content (AvgIpc) is 2.47. The first-order chi connectivity index (χ1) is 7.54. The molecule has 0 bridgehead atoms. The molecule has 2 saturated heterocycles. The van der Waals surface area contributed by atoms with Gasteiger partial charge in [0.05, 0.1) is 7.11 Å². The number of carboxylic acid groups (broad SMARTS) is 1. The van der Waals surface area contributed by atoms with E-state index in [1.807, 2.05) is 0 Å². The van der Waals surface area contributed by atoms with Crippen molar-refractivity contribution < 1.29 is 29.0 Å². The van der Waals surface area contributed by atoms with E-state index in [-0.39, 0.29) is 0 Å². The number of hydrogen-bond acceptors (Lipinski definition) is 6. The Kier molecular flexibility index (Phi) is 2.30. The number of nitrogens with zero attached hydrogens (tertiary/aromatic N) is 1. The molecule has 7 nitrogen and oxygen atoms in total. The number of carboxylic acids is 1. The number of hydrogen-bond donors (Lipinski definition) is 1. The van der Waals surface area contributed by atoms with Crippen molar-refractivity contribution in [2.24, 2.45) is 0 Å². The molecule has 86 valence electrons. The van der Waals surface area contributed by atoms with Gasteiger partial charge in [0.2, 0.25) is 6.04 Å². The molecule has 0 aliphatic carbocycles. The summed E-state index contributed by atoms with van der Waals surface area (Å²) >= 11 is 0. The zero-order chi connectivity index (χ0) is 11.9. The van der Waals surface area contributed by atoms with Crippen LogP contribution in [0.2, 0.25) is 0 Å². The third-order valence-corrected chi connectivity index (χ3v) is 2.50. The van der Waals surface area contributed by atoms with Crippen molar-refractivity contribution in [1.29, 1.82) is 0 Å². The van der Waals surface area contributed by atoms with Gasteiger partial charge >= 0.3 is 17.9 Å². The smallest absolute Gasteiger partial charge is 0.342 e. The quantitative estimate of drug-likeness (QED) is 0.370. The SMILES string of the molecule is COC(=O)C=C1C[C@H]2OC(=O)[C@H](C(=O)O)N12. The second-order valence-corrected chi connectivity index (χ2v) is 3.40. The first kappa shape index (κ1) is 10.5. The van der Waals surface area contributed by atoms with Crippen LogP contribution in [0.5, 0.6) is 0 Å². The lowest BCUT2D eigenvalue weighted by Crippen LogP contribution is -2.49. The zero-order valence-electron chi connectivity index (χ0n) is 8.37. The molecule has 2 fully saturated rings. The monoisotopic (exact) mass is 227 g/mol. The Morgan fingerprint density at radius 3 is 2.88 bits per heavy atom. The van der Waals surface area contributed by atoms with Crippen molar-refractivity contribution in [3.63, 3.8) is 0 Å². The molecule has 1 N–H and O–H groups in total. The Labute approximate surface area is 90.2 Å². The number of carbonyl (C=O) groups is 3. The number of carbonyl (C=O) groups excluding carboxylic acids is 2. The van der Waals surface area contributed by atoms with Crippen LogP contribution in [0.3, 0.4) is 0 Å². The Hall–Kier alpha value is -2.05. The summed E-state index contributed by atoms with van der Waals surface area (Å²) in [5, 5.41) is 8.83. The van der Waals surface area contributed by atoms with E-state index >= 15 is 0 Å². The van der Waals surface area contributed by atoms with Gasteiger partial charge in [-0.2, -0.15) is 0 Å². The maximum Gasteiger partial charge on any atom is 0.342 e. The summed E-state index contributed by atoms with van der Waals surface area (Å²) in [6.07, 6.45) is 0.934. The van der Waals surface area contributed by atoms with E-state index in [0.29, 0.717) is 12.1 Å². The fourth-order valence-corrected chi connectivity index (χ4v) is 1.75. The van der Waals surface area contributed by atoms with Crippen LogP contribution in [-0.4, -0.2) is 47.3 Å². The molecule has 0 unspecified atom stereocenters. The lowest BCUT2D eigenvalue weighted by atomic mass is 10.1. The highest BCUT2D eigenvalue weighted by Gasteiger charge is 2.54. The van der Waals surface area contributed by atoms with E-state index in [0.717, 1.165) is 6.08 Å². The van der Waals surface area contributed by atoms with Crippen molar-refractivity contribution in [1.82, 2.24) is 4.90 Å². The maximum atomic E-state index is 11.2. The average molecular weight is 227 g/mol. The van der Waals surface area contributed by atoms with E-state index in [2.05, 4.69) is 4.74 Å². The predicted molar refractivity (Wildman–Crippen MR) is 47.9 cm³/mol. The highest BCUT2D eigenvalue weighted by molar-refractivity contribution is 6.00. The van der Waals surface area contributed by atoms with Gasteiger partial charge in [-0.3, -0.25) is 0 Å². The van der Waals surface area contributed by atoms with Crippen LogP contribution in [-0.2, 0) is 23.9 Å². The van der Waals surface area contributed by atoms with Gasteiger partial charge in [-0.1, -0.05) is 0 Å². The number of rotatable bonds is 2. The molecule has 2 rings (SSSR count). The van der Waals surface area contributed by atoms with Crippen LogP contribution in [0, 0.1) is 0 Å². The highest BCUT2D eigenvalue weighted by Crippen LogP contribution is 2.38. The Morgan fingerprint density at radius 1 is 1.62 bits per heavy atom. The van der Waals surface area contributed by atoms with Crippen molar-refractivity contribution >= 4 is 17.9 Å². The molecular formula is C9H9NO6. The fraction of sp³-hybridized carbons (Fsp3) is 0.444. The number of esters is 2. The molecule has 0 aromatic heterocycles. The minimum absolute atomic E-state index is 0.338. The van der Waals surface area contributed by atoms with Gasteiger partial charge in [0.25, 0.3) is 0 Å². The zero-order valence-corrected chi connectivity index (χ0v) is 8.37. The normalized spacial score (nSPS) is 29.4. The Bertz CT molecular complexity index is 401. The summed E-state index contributed by atoms with van der Waals surface area (Å²) in [5.41, 5.74) is 0.440. The largest absolute Gasteiger partial charge is 0.479 e. The van der Waals surface area contributed by atoms with Crippen LogP contribution < -0.4 is 0 Å². The third-order valence-electron chi connectivity index (χ3n) is 2.50. The summed E-state index contributed by atoms with van der Waals surface area (Å²) in [7, 11) is 1.22. The van der Waals surface area contributed by atoms with Gasteiger partial charge in [0, 0.05) is 18.2 Å². The summed E-state index contributed by atoms with van der Waals surface area (Å²) in [4.78, 5) is 34.2. The van der Waals surface area contributed by atoms with Crippen molar-refractivity contribution in [3.8, 4) is 0 Å². The van der Waals surface area contributed by atoms with Crippen molar-refractivity contribution in [2.45, 2.75) is 18.7 Å². The molecule has 0 aromatic rings. The Balaban J connectivity index is 2.19.